The summed E-state index contributed by atoms with van der Waals surface area (Å²) in [7, 11) is 5.94. The van der Waals surface area contributed by atoms with Crippen LogP contribution in [-0.2, 0) is 30.2 Å². The van der Waals surface area contributed by atoms with Gasteiger partial charge in [-0.05, 0) is 65.8 Å². The summed E-state index contributed by atoms with van der Waals surface area (Å²) in [5, 5.41) is 15.9. The number of hydrogen-bond acceptors (Lipinski definition) is 12. The number of carbonyl (C=O) groups excluding carboxylic acids is 3. The number of aromatic amines is 1. The number of benzene rings is 2. The minimum absolute atomic E-state index is 0. The average molecular weight is 731 g/mol. The number of hydrogen-bond donors (Lipinski definition) is 4. The Labute approximate surface area is 307 Å². The molecule has 0 unspecified atom stereocenters. The number of nitrogens with zero attached hydrogens (tertiary/aromatic N) is 2. The third-order valence-corrected chi connectivity index (χ3v) is 8.19. The van der Waals surface area contributed by atoms with Gasteiger partial charge in [0.05, 0.1) is 50.0 Å². The van der Waals surface area contributed by atoms with E-state index in [1.54, 1.807) is 13.2 Å². The molecule has 1 aromatic heterocycles. The maximum Gasteiger partial charge on any atom is 0.338 e. The standard InChI is InChI=1S/C17H23N3O3.C15H21NO2S.C4H10N2O2.CH4/c1-10(2)12-8-11(3)13(17(21)23-5)9-14(12)16-18-15(19-20-16)6-7-22-4;1-6-19-14(16)13-8-12(15(17)18-5)10(4)7-11(13)9(2)3;1-8-3-2-4(7)6-5;/h8-10H,6-7H2,1-5H3,(H,18,19,20);7-9,16H,6H2,1-5H3;2-3,5H2,1H3,(H,6,7);1H4. The maximum atomic E-state index is 12.0. The molecule has 5 N–H and O–H groups in total. The monoisotopic (exact) mass is 730 g/mol. The number of thioether (sulfide) groups is 1. The fourth-order valence-electron chi connectivity index (χ4n) is 4.68. The van der Waals surface area contributed by atoms with E-state index >= 15 is 0 Å². The number of H-pyrrole nitrogens is 1. The van der Waals surface area contributed by atoms with Gasteiger partial charge in [-0.2, -0.15) is 5.10 Å². The van der Waals surface area contributed by atoms with Crippen LogP contribution in [0.4, 0.5) is 0 Å². The van der Waals surface area contributed by atoms with Gasteiger partial charge in [0.15, 0.2) is 5.82 Å². The van der Waals surface area contributed by atoms with Crippen LogP contribution >= 0.6 is 11.8 Å². The highest BCUT2D eigenvalue weighted by molar-refractivity contribution is 8.14. The first-order chi connectivity index (χ1) is 23.7. The molecule has 0 bridgehead atoms. The Kier molecular flexibility index (Phi) is 22.2. The van der Waals surface area contributed by atoms with Crippen LogP contribution in [0.25, 0.3) is 11.4 Å². The molecule has 0 aliphatic carbocycles. The van der Waals surface area contributed by atoms with Gasteiger partial charge in [0, 0.05) is 31.8 Å². The van der Waals surface area contributed by atoms with Crippen molar-refractivity contribution >= 4 is 34.7 Å². The molecular weight excluding hydrogens is 673 g/mol. The number of rotatable bonds is 13. The minimum Gasteiger partial charge on any atom is -0.465 e. The number of ether oxygens (including phenoxy) is 4. The van der Waals surface area contributed by atoms with E-state index in [0.717, 1.165) is 45.0 Å². The van der Waals surface area contributed by atoms with Gasteiger partial charge in [-0.15, -0.1) is 11.8 Å². The minimum atomic E-state index is -0.353. The Morgan fingerprint density at radius 1 is 0.863 bits per heavy atom. The molecule has 0 atom stereocenters. The summed E-state index contributed by atoms with van der Waals surface area (Å²) in [5.41, 5.74) is 8.75. The molecule has 0 fully saturated rings. The molecule has 0 aliphatic rings. The highest BCUT2D eigenvalue weighted by atomic mass is 32.2. The van der Waals surface area contributed by atoms with E-state index in [1.807, 2.05) is 44.4 Å². The summed E-state index contributed by atoms with van der Waals surface area (Å²) in [6.45, 7) is 15.2. The lowest BCUT2D eigenvalue weighted by Crippen LogP contribution is -2.30. The number of aryl methyl sites for hydroxylation is 2. The van der Waals surface area contributed by atoms with Crippen molar-refractivity contribution in [1.29, 1.82) is 5.41 Å². The molecule has 0 radical (unpaired) electrons. The molecule has 1 heterocycles. The molecule has 14 heteroatoms. The number of aromatic nitrogens is 3. The van der Waals surface area contributed by atoms with E-state index < -0.39 is 0 Å². The molecule has 0 saturated heterocycles. The van der Waals surface area contributed by atoms with Gasteiger partial charge >= 0.3 is 11.9 Å². The van der Waals surface area contributed by atoms with Crippen molar-refractivity contribution in [2.75, 3.05) is 47.4 Å². The van der Waals surface area contributed by atoms with E-state index in [1.165, 1.54) is 33.1 Å². The first-order valence-electron chi connectivity index (χ1n) is 16.3. The first kappa shape index (κ1) is 46.9. The number of amides is 1. The molecular formula is C37H58N6O7S. The second-order valence-electron chi connectivity index (χ2n) is 11.7. The Morgan fingerprint density at radius 2 is 1.39 bits per heavy atom. The number of esters is 2. The van der Waals surface area contributed by atoms with Gasteiger partial charge in [-0.1, -0.05) is 54.2 Å². The third-order valence-electron chi connectivity index (χ3n) is 7.39. The van der Waals surface area contributed by atoms with Crippen molar-refractivity contribution in [1.82, 2.24) is 20.6 Å². The molecule has 0 saturated carbocycles. The van der Waals surface area contributed by atoms with Crippen LogP contribution in [0, 0.1) is 19.3 Å². The normalized spacial score (nSPS) is 10.3. The summed E-state index contributed by atoms with van der Waals surface area (Å²) in [5.74, 6) is 6.66. The highest BCUT2D eigenvalue weighted by Gasteiger charge is 2.20. The van der Waals surface area contributed by atoms with Crippen molar-refractivity contribution in [3.8, 4) is 11.4 Å². The number of carbonyl (C=O) groups is 3. The molecule has 13 nitrogen and oxygen atoms in total. The van der Waals surface area contributed by atoms with Crippen LogP contribution in [-0.4, -0.2) is 85.5 Å². The number of nitrogens with two attached hydrogens (primary N) is 1. The largest absolute Gasteiger partial charge is 0.465 e. The number of nitrogens with one attached hydrogen (secondary N) is 3. The predicted octanol–water partition coefficient (Wildman–Crippen LogP) is 6.51. The molecule has 0 spiro atoms. The van der Waals surface area contributed by atoms with Crippen molar-refractivity contribution < 1.29 is 33.3 Å². The van der Waals surface area contributed by atoms with E-state index in [0.29, 0.717) is 54.0 Å². The molecule has 2 aromatic carbocycles. The Morgan fingerprint density at radius 3 is 1.86 bits per heavy atom. The lowest BCUT2D eigenvalue weighted by atomic mass is 9.92. The molecule has 51 heavy (non-hydrogen) atoms. The topological polar surface area (TPSA) is 192 Å². The lowest BCUT2D eigenvalue weighted by Gasteiger charge is -2.16. The predicted molar refractivity (Wildman–Crippen MR) is 205 cm³/mol. The van der Waals surface area contributed by atoms with E-state index in [-0.39, 0.29) is 31.2 Å². The zero-order valence-corrected chi connectivity index (χ0v) is 32.1. The zero-order valence-electron chi connectivity index (χ0n) is 31.2. The highest BCUT2D eigenvalue weighted by Crippen LogP contribution is 2.31. The number of hydrazine groups is 1. The fraction of sp³-hybridized carbons (Fsp3) is 0.514. The van der Waals surface area contributed by atoms with Gasteiger partial charge in [0.2, 0.25) is 5.91 Å². The van der Waals surface area contributed by atoms with Crippen LogP contribution in [0.5, 0.6) is 0 Å². The van der Waals surface area contributed by atoms with Gasteiger partial charge in [-0.25, -0.2) is 20.4 Å². The number of methoxy groups -OCH3 is 4. The molecule has 1 amide bonds. The Hall–Kier alpha value is -4.11. The second kappa shape index (κ2) is 24.1. The van der Waals surface area contributed by atoms with Crippen LogP contribution < -0.4 is 11.3 Å². The smallest absolute Gasteiger partial charge is 0.338 e. The zero-order chi connectivity index (χ0) is 38.0. The third kappa shape index (κ3) is 14.6. The molecule has 3 aromatic rings. The van der Waals surface area contributed by atoms with Crippen molar-refractivity contribution in [2.45, 2.75) is 80.6 Å². The van der Waals surface area contributed by atoms with Crippen molar-refractivity contribution in [3.63, 3.8) is 0 Å². The van der Waals surface area contributed by atoms with Crippen LogP contribution in [0.15, 0.2) is 24.3 Å². The van der Waals surface area contributed by atoms with Crippen LogP contribution in [0.3, 0.4) is 0 Å². The summed E-state index contributed by atoms with van der Waals surface area (Å²) in [6.07, 6.45) is 0.989. The average Bonchev–Trinajstić information content (AvgIpc) is 3.58. The Bertz CT molecular complexity index is 1570. The summed E-state index contributed by atoms with van der Waals surface area (Å²) in [6, 6.07) is 7.62. The summed E-state index contributed by atoms with van der Waals surface area (Å²) < 4.78 is 19.3. The SMILES string of the molecule is C.CCSC(=N)c1cc(C(=O)OC)c(C)cc1C(C)C.COCCC(=O)NN.COCCc1nc(-c2cc(C(=O)OC)c(C)cc2C(C)C)n[nH]1. The van der Waals surface area contributed by atoms with Gasteiger partial charge in [0.1, 0.15) is 5.82 Å². The van der Waals surface area contributed by atoms with Gasteiger partial charge in [0.25, 0.3) is 0 Å². The second-order valence-corrected chi connectivity index (χ2v) is 13.0. The van der Waals surface area contributed by atoms with Gasteiger partial charge < -0.3 is 18.9 Å². The molecule has 0 aliphatic heterocycles. The maximum absolute atomic E-state index is 12.0. The lowest BCUT2D eigenvalue weighted by molar-refractivity contribution is -0.122. The van der Waals surface area contributed by atoms with Crippen LogP contribution in [0.2, 0.25) is 0 Å². The quantitative estimate of drug-likeness (QED) is 0.0374. The molecule has 3 rings (SSSR count). The van der Waals surface area contributed by atoms with Gasteiger partial charge in [-0.3, -0.25) is 20.7 Å². The Balaban J connectivity index is 0.000000807. The summed E-state index contributed by atoms with van der Waals surface area (Å²) >= 11 is 1.48. The van der Waals surface area contributed by atoms with Crippen molar-refractivity contribution in [3.05, 3.63) is 69.0 Å². The van der Waals surface area contributed by atoms with Crippen molar-refractivity contribution in [2.24, 2.45) is 5.84 Å². The first-order valence-corrected chi connectivity index (χ1v) is 17.3. The molecule has 284 valence electrons. The van der Waals surface area contributed by atoms with E-state index in [4.69, 9.17) is 25.5 Å². The van der Waals surface area contributed by atoms with Crippen LogP contribution in [0.1, 0.15) is 115 Å². The van der Waals surface area contributed by atoms with E-state index in [2.05, 4.69) is 47.6 Å². The van der Waals surface area contributed by atoms with E-state index in [9.17, 15) is 14.4 Å². The summed E-state index contributed by atoms with van der Waals surface area (Å²) in [4.78, 5) is 38.5. The fourth-order valence-corrected chi connectivity index (χ4v) is 5.30.